The molecule has 8 heteroatoms. The third-order valence-corrected chi connectivity index (χ3v) is 3.69. The van der Waals surface area contributed by atoms with Crippen LogP contribution in [0.1, 0.15) is 13.8 Å². The Balaban J connectivity index is 3.31. The van der Waals surface area contributed by atoms with Gasteiger partial charge in [0.05, 0.1) is 9.82 Å². The third-order valence-electron chi connectivity index (χ3n) is 2.58. The van der Waals surface area contributed by atoms with Crippen molar-refractivity contribution in [2.24, 2.45) is 5.73 Å². The van der Waals surface area contributed by atoms with Crippen LogP contribution in [0.25, 0.3) is 0 Å². The van der Waals surface area contributed by atoms with Gasteiger partial charge in [-0.2, -0.15) is 0 Å². The number of nitrogens with two attached hydrogens (primary N) is 1. The maximum atomic E-state index is 11.4. The number of sulfone groups is 1. The van der Waals surface area contributed by atoms with Crippen molar-refractivity contribution in [3.63, 3.8) is 0 Å². The van der Waals surface area contributed by atoms with Gasteiger partial charge >= 0.3 is 0 Å². The first-order chi connectivity index (χ1) is 8.57. The van der Waals surface area contributed by atoms with Crippen molar-refractivity contribution < 1.29 is 13.3 Å². The Hall–Kier alpha value is -1.67. The zero-order chi connectivity index (χ0) is 14.8. The summed E-state index contributed by atoms with van der Waals surface area (Å²) in [4.78, 5) is 10.3. The van der Waals surface area contributed by atoms with Crippen LogP contribution in [-0.4, -0.2) is 31.7 Å². The number of nitrogens with zero attached hydrogens (tertiary/aromatic N) is 1. The first-order valence-corrected chi connectivity index (χ1v) is 7.43. The predicted molar refractivity (Wildman–Crippen MR) is 73.0 cm³/mol. The fourth-order valence-corrected chi connectivity index (χ4v) is 2.06. The van der Waals surface area contributed by atoms with Crippen molar-refractivity contribution in [3.8, 4) is 0 Å². The van der Waals surface area contributed by atoms with Gasteiger partial charge in [0.25, 0.3) is 5.69 Å². The van der Waals surface area contributed by atoms with Gasteiger partial charge in [0.2, 0.25) is 0 Å². The second-order valence-electron chi connectivity index (χ2n) is 4.92. The van der Waals surface area contributed by atoms with Crippen molar-refractivity contribution in [1.29, 1.82) is 0 Å². The fourth-order valence-electron chi connectivity index (χ4n) is 1.41. The first kappa shape index (κ1) is 15.4. The highest BCUT2D eigenvalue weighted by molar-refractivity contribution is 7.90. The van der Waals surface area contributed by atoms with Crippen LogP contribution in [0.15, 0.2) is 23.1 Å². The summed E-state index contributed by atoms with van der Waals surface area (Å²) in [5.41, 5.74) is 4.98. The van der Waals surface area contributed by atoms with Gasteiger partial charge in [0.1, 0.15) is 5.69 Å². The molecule has 7 nitrogen and oxygen atoms in total. The molecule has 1 rings (SSSR count). The summed E-state index contributed by atoms with van der Waals surface area (Å²) in [7, 11) is -3.48. The Kier molecular flexibility index (Phi) is 4.16. The van der Waals surface area contributed by atoms with E-state index in [1.54, 1.807) is 13.8 Å². The van der Waals surface area contributed by atoms with Crippen molar-refractivity contribution in [3.05, 3.63) is 28.3 Å². The topological polar surface area (TPSA) is 115 Å². The average molecular weight is 287 g/mol. The molecule has 3 N–H and O–H groups in total. The molecule has 0 saturated heterocycles. The monoisotopic (exact) mass is 287 g/mol. The highest BCUT2D eigenvalue weighted by Gasteiger charge is 2.23. The van der Waals surface area contributed by atoms with Crippen LogP contribution in [0.3, 0.4) is 0 Å². The molecule has 0 bridgehead atoms. The average Bonchev–Trinajstić information content (AvgIpc) is 2.27. The lowest BCUT2D eigenvalue weighted by molar-refractivity contribution is -0.384. The number of nitrogens with one attached hydrogen (secondary N) is 1. The van der Waals surface area contributed by atoms with E-state index in [9.17, 15) is 18.5 Å². The maximum Gasteiger partial charge on any atom is 0.293 e. The van der Waals surface area contributed by atoms with Crippen LogP contribution in [0.2, 0.25) is 0 Å². The summed E-state index contributed by atoms with van der Waals surface area (Å²) in [6.45, 7) is 3.86. The van der Waals surface area contributed by atoms with Gasteiger partial charge in [-0.05, 0) is 26.0 Å². The number of nitro groups is 1. The summed E-state index contributed by atoms with van der Waals surface area (Å²) in [6, 6.07) is 3.76. The minimum absolute atomic E-state index is 0.0877. The Morgan fingerprint density at radius 3 is 2.42 bits per heavy atom. The van der Waals surface area contributed by atoms with E-state index in [0.29, 0.717) is 0 Å². The summed E-state index contributed by atoms with van der Waals surface area (Å²) in [5, 5.41) is 13.9. The van der Waals surface area contributed by atoms with Crippen LogP contribution in [0.4, 0.5) is 11.4 Å². The molecular weight excluding hydrogens is 270 g/mol. The number of rotatable bonds is 5. The van der Waals surface area contributed by atoms with Crippen LogP contribution < -0.4 is 11.1 Å². The Bertz CT molecular complexity index is 596. The number of hydrogen-bond donors (Lipinski definition) is 2. The van der Waals surface area contributed by atoms with E-state index >= 15 is 0 Å². The maximum absolute atomic E-state index is 11.4. The van der Waals surface area contributed by atoms with Gasteiger partial charge in [-0.3, -0.25) is 10.1 Å². The molecule has 0 radical (unpaired) electrons. The van der Waals surface area contributed by atoms with Crippen molar-refractivity contribution >= 4 is 21.2 Å². The molecule has 19 heavy (non-hydrogen) atoms. The highest BCUT2D eigenvalue weighted by Crippen LogP contribution is 2.29. The zero-order valence-corrected chi connectivity index (χ0v) is 11.8. The van der Waals surface area contributed by atoms with Crippen molar-refractivity contribution in [2.45, 2.75) is 24.3 Å². The summed E-state index contributed by atoms with van der Waals surface area (Å²) in [6.07, 6.45) is 1.00. The second kappa shape index (κ2) is 5.14. The van der Waals surface area contributed by atoms with Crippen LogP contribution in [0, 0.1) is 10.1 Å². The molecule has 0 aliphatic carbocycles. The minimum atomic E-state index is -3.48. The van der Waals surface area contributed by atoms with Gasteiger partial charge in [-0.1, -0.05) is 0 Å². The standard InChI is InChI=1S/C11H17N3O4S/c1-11(2,7-12)13-9-5-4-8(19(3,17)18)6-10(9)14(15)16/h4-6,13H,7,12H2,1-3H3. The Morgan fingerprint density at radius 1 is 1.42 bits per heavy atom. The number of hydrogen-bond acceptors (Lipinski definition) is 6. The Morgan fingerprint density at radius 2 is 2.00 bits per heavy atom. The molecule has 0 saturated carbocycles. The van der Waals surface area contributed by atoms with Crippen molar-refractivity contribution in [1.82, 2.24) is 0 Å². The second-order valence-corrected chi connectivity index (χ2v) is 6.94. The molecule has 0 aliphatic rings. The fraction of sp³-hybridized carbons (Fsp3) is 0.455. The quantitative estimate of drug-likeness (QED) is 0.620. The van der Waals surface area contributed by atoms with E-state index in [1.165, 1.54) is 12.1 Å². The normalized spacial score (nSPS) is 12.2. The lowest BCUT2D eigenvalue weighted by atomic mass is 10.1. The summed E-state index contributed by atoms with van der Waals surface area (Å²) < 4.78 is 22.8. The SMILES string of the molecule is CC(C)(CN)Nc1ccc(S(C)(=O)=O)cc1[N+](=O)[O-]. The number of anilines is 1. The van der Waals surface area contributed by atoms with Crippen LogP contribution in [-0.2, 0) is 9.84 Å². The van der Waals surface area contributed by atoms with Gasteiger partial charge in [0, 0.05) is 24.4 Å². The lowest BCUT2D eigenvalue weighted by Gasteiger charge is -2.25. The molecule has 0 aromatic heterocycles. The Labute approximate surface area is 111 Å². The van der Waals surface area contributed by atoms with E-state index in [-0.39, 0.29) is 22.8 Å². The van der Waals surface area contributed by atoms with E-state index in [1.807, 2.05) is 0 Å². The first-order valence-electron chi connectivity index (χ1n) is 5.53. The predicted octanol–water partition coefficient (Wildman–Crippen LogP) is 1.15. The number of nitro benzene ring substituents is 1. The molecule has 0 heterocycles. The zero-order valence-electron chi connectivity index (χ0n) is 11.0. The molecule has 0 unspecified atom stereocenters. The van der Waals surface area contributed by atoms with Crippen LogP contribution in [0.5, 0.6) is 0 Å². The van der Waals surface area contributed by atoms with Gasteiger partial charge in [-0.15, -0.1) is 0 Å². The van der Waals surface area contributed by atoms with E-state index in [4.69, 9.17) is 5.73 Å². The summed E-state index contributed by atoms with van der Waals surface area (Å²) >= 11 is 0. The molecule has 0 spiro atoms. The number of benzene rings is 1. The lowest BCUT2D eigenvalue weighted by Crippen LogP contribution is -2.39. The van der Waals surface area contributed by atoms with Crippen LogP contribution >= 0.6 is 0 Å². The smallest absolute Gasteiger partial charge is 0.293 e. The van der Waals surface area contributed by atoms with E-state index in [2.05, 4.69) is 5.32 Å². The van der Waals surface area contributed by atoms with Gasteiger partial charge in [0.15, 0.2) is 9.84 Å². The van der Waals surface area contributed by atoms with E-state index in [0.717, 1.165) is 12.3 Å². The molecule has 0 fully saturated rings. The van der Waals surface area contributed by atoms with Gasteiger partial charge < -0.3 is 11.1 Å². The molecule has 0 aliphatic heterocycles. The molecule has 106 valence electrons. The molecule has 1 aromatic rings. The molecular formula is C11H17N3O4S. The third kappa shape index (κ3) is 3.90. The largest absolute Gasteiger partial charge is 0.373 e. The molecule has 1 aromatic carbocycles. The minimum Gasteiger partial charge on any atom is -0.373 e. The highest BCUT2D eigenvalue weighted by atomic mass is 32.2. The van der Waals surface area contributed by atoms with Crippen molar-refractivity contribution in [2.75, 3.05) is 18.1 Å². The van der Waals surface area contributed by atoms with E-state index < -0.39 is 20.3 Å². The summed E-state index contributed by atoms with van der Waals surface area (Å²) in [5.74, 6) is 0. The van der Waals surface area contributed by atoms with Gasteiger partial charge in [-0.25, -0.2) is 8.42 Å². The molecule has 0 amide bonds. The molecule has 0 atom stereocenters.